The van der Waals surface area contributed by atoms with Crippen LogP contribution in [0.3, 0.4) is 0 Å². The third kappa shape index (κ3) is 20.2. The standard InChI is InChI=1S/C55H75N9O9.C4H10N2O/c1-11-48(69)72-35-38-23-25-40(26-24-38)58-45(66)33-57-52(70)49(36(2)3)59-44(65)21-16-22-46(67)62(10)31-28-55(8,9)73-32-29-54(6,7)53(71)56-30-27-47(68)63-34-39-17-12-13-18-41(39)51-50(60-61-64(51)37(4)5)42-19-14-15-20-43(42)63;1-2-3-6-4(5)7/h12-15,17-20,23-26,36-37,49H,11,16,21-22,27-35H2,1-10H3,(H,56,71)(H,57,70)(H,58,66)(H,59,65);2-3H2,1H3,(H3,5,6,7). The number of anilines is 2. The van der Waals surface area contributed by atoms with Crippen molar-refractivity contribution in [3.8, 4) is 22.5 Å². The van der Waals surface area contributed by atoms with Gasteiger partial charge in [0.1, 0.15) is 18.3 Å². The van der Waals surface area contributed by atoms with Crippen molar-refractivity contribution in [1.82, 2.24) is 41.2 Å². The van der Waals surface area contributed by atoms with E-state index < -0.39 is 34.9 Å². The topological polar surface area (TPSA) is 278 Å². The number of benzene rings is 3. The Morgan fingerprint density at radius 3 is 2.10 bits per heavy atom. The van der Waals surface area contributed by atoms with Gasteiger partial charge in [0, 0.05) is 87.2 Å². The number of urea groups is 1. The summed E-state index contributed by atoms with van der Waals surface area (Å²) < 4.78 is 13.3. The summed E-state index contributed by atoms with van der Waals surface area (Å²) in [6.07, 6.45) is 2.70. The fraction of sp³-hybridized carbons (Fsp3) is 0.525. The molecule has 21 nitrogen and oxygen atoms in total. The minimum absolute atomic E-state index is 0.0332. The molecule has 0 bridgehead atoms. The van der Waals surface area contributed by atoms with Gasteiger partial charge in [-0.15, -0.1) is 5.10 Å². The van der Waals surface area contributed by atoms with E-state index in [1.165, 1.54) is 0 Å². The summed E-state index contributed by atoms with van der Waals surface area (Å²) in [5, 5.41) is 22.5. The molecule has 5 rings (SSSR count). The van der Waals surface area contributed by atoms with Crippen molar-refractivity contribution < 1.29 is 47.8 Å². The number of ether oxygens (including phenoxy) is 2. The normalized spacial score (nSPS) is 12.2. The highest BCUT2D eigenvalue weighted by atomic mass is 16.5. The van der Waals surface area contributed by atoms with Crippen molar-refractivity contribution in [1.29, 1.82) is 0 Å². The molecule has 1 atom stereocenters. The number of hydrogen-bond acceptors (Lipinski definition) is 12. The van der Waals surface area contributed by atoms with E-state index in [0.29, 0.717) is 50.5 Å². The predicted octanol–water partition coefficient (Wildman–Crippen LogP) is 7.19. The number of nitrogens with two attached hydrogens (primary N) is 1. The van der Waals surface area contributed by atoms with Crippen molar-refractivity contribution in [3.05, 3.63) is 83.9 Å². The predicted molar refractivity (Wildman–Crippen MR) is 307 cm³/mol. The second kappa shape index (κ2) is 31.2. The summed E-state index contributed by atoms with van der Waals surface area (Å²) in [6, 6.07) is 21.3. The Balaban J connectivity index is 0.00000184. The quantitative estimate of drug-likeness (QED) is 0.0324. The maximum Gasteiger partial charge on any atom is 0.312 e. The molecule has 1 aliphatic heterocycles. The van der Waals surface area contributed by atoms with Gasteiger partial charge in [0.2, 0.25) is 35.4 Å². The zero-order valence-corrected chi connectivity index (χ0v) is 48.7. The van der Waals surface area contributed by atoms with Crippen molar-refractivity contribution >= 4 is 58.8 Å². The molecular formula is C59H85N11O10. The van der Waals surface area contributed by atoms with Crippen LogP contribution in [0.25, 0.3) is 22.5 Å². The Hall–Kier alpha value is -7.68. The maximum absolute atomic E-state index is 14.0. The smallest absolute Gasteiger partial charge is 0.312 e. The molecule has 436 valence electrons. The molecule has 80 heavy (non-hydrogen) atoms. The van der Waals surface area contributed by atoms with Gasteiger partial charge in [0.15, 0.2) is 0 Å². The van der Waals surface area contributed by atoms with Crippen LogP contribution in [0.15, 0.2) is 72.8 Å². The highest BCUT2D eigenvalue weighted by molar-refractivity contribution is 6.00. The number of nitrogens with one attached hydrogen (secondary N) is 5. The van der Waals surface area contributed by atoms with Gasteiger partial charge in [-0.25, -0.2) is 9.48 Å². The highest BCUT2D eigenvalue weighted by Crippen LogP contribution is 2.42. The molecule has 3 aromatic carbocycles. The Morgan fingerprint density at radius 2 is 1.46 bits per heavy atom. The molecule has 0 saturated carbocycles. The molecule has 21 heteroatoms. The number of carbonyl (C=O) groups excluding carboxylic acids is 8. The van der Waals surface area contributed by atoms with Gasteiger partial charge >= 0.3 is 12.0 Å². The number of carbonyl (C=O) groups is 8. The van der Waals surface area contributed by atoms with Gasteiger partial charge < -0.3 is 51.6 Å². The largest absolute Gasteiger partial charge is 0.461 e. The molecule has 4 aromatic rings. The van der Waals surface area contributed by atoms with Crippen LogP contribution in [0, 0.1) is 11.3 Å². The van der Waals surface area contributed by atoms with Gasteiger partial charge in [-0.2, -0.15) is 0 Å². The van der Waals surface area contributed by atoms with E-state index in [2.05, 4.69) is 50.7 Å². The number of aromatic nitrogens is 3. The number of amides is 8. The lowest BCUT2D eigenvalue weighted by atomic mass is 9.88. The van der Waals surface area contributed by atoms with Crippen LogP contribution in [0.4, 0.5) is 16.2 Å². The van der Waals surface area contributed by atoms with Crippen LogP contribution in [-0.4, -0.2) is 119 Å². The average molecular weight is 1110 g/mol. The van der Waals surface area contributed by atoms with E-state index in [4.69, 9.17) is 15.2 Å². The van der Waals surface area contributed by atoms with Gasteiger partial charge in [0.05, 0.1) is 30.1 Å². The number of esters is 1. The number of primary amides is 1. The van der Waals surface area contributed by atoms with Crippen LogP contribution < -0.4 is 37.2 Å². The molecule has 8 amide bonds. The summed E-state index contributed by atoms with van der Waals surface area (Å²) in [5.74, 6) is -2.37. The first-order valence-corrected chi connectivity index (χ1v) is 27.6. The Bertz CT molecular complexity index is 2740. The fourth-order valence-corrected chi connectivity index (χ4v) is 8.40. The third-order valence-electron chi connectivity index (χ3n) is 13.4. The minimum atomic E-state index is -0.884. The highest BCUT2D eigenvalue weighted by Gasteiger charge is 2.32. The molecule has 1 unspecified atom stereocenters. The number of hydrogen-bond donors (Lipinski definition) is 6. The Morgan fingerprint density at radius 1 is 0.787 bits per heavy atom. The van der Waals surface area contributed by atoms with E-state index in [9.17, 15) is 38.4 Å². The first-order chi connectivity index (χ1) is 37.9. The lowest BCUT2D eigenvalue weighted by molar-refractivity contribution is -0.144. The molecule has 1 aromatic heterocycles. The Kier molecular flexibility index (Phi) is 25.3. The number of para-hydroxylation sites is 1. The van der Waals surface area contributed by atoms with Gasteiger partial charge in [-0.3, -0.25) is 33.6 Å². The van der Waals surface area contributed by atoms with Crippen molar-refractivity contribution in [3.63, 3.8) is 0 Å². The molecule has 0 radical (unpaired) electrons. The molecule has 0 aliphatic carbocycles. The van der Waals surface area contributed by atoms with Crippen LogP contribution in [-0.2, 0) is 56.2 Å². The Labute approximate surface area is 471 Å². The van der Waals surface area contributed by atoms with E-state index in [1.54, 1.807) is 61.9 Å². The van der Waals surface area contributed by atoms with Crippen LogP contribution in [0.5, 0.6) is 0 Å². The molecule has 0 saturated heterocycles. The lowest BCUT2D eigenvalue weighted by Gasteiger charge is -2.31. The van der Waals surface area contributed by atoms with Crippen molar-refractivity contribution in [2.45, 2.75) is 151 Å². The second-order valence-corrected chi connectivity index (χ2v) is 21.7. The monoisotopic (exact) mass is 1110 g/mol. The van der Waals surface area contributed by atoms with Crippen LogP contribution in [0.2, 0.25) is 0 Å². The molecule has 7 N–H and O–H groups in total. The van der Waals surface area contributed by atoms with Gasteiger partial charge in [0.25, 0.3) is 0 Å². The zero-order valence-electron chi connectivity index (χ0n) is 48.7. The molecule has 0 spiro atoms. The first kappa shape index (κ1) is 64.8. The average Bonchev–Trinajstić information content (AvgIpc) is 3.86. The molecule has 1 aliphatic rings. The van der Waals surface area contributed by atoms with Gasteiger partial charge in [-0.05, 0) is 88.6 Å². The summed E-state index contributed by atoms with van der Waals surface area (Å²) in [4.78, 5) is 104. The van der Waals surface area contributed by atoms with E-state index >= 15 is 0 Å². The number of fused-ring (bicyclic) bond motifs is 5. The molecule has 2 heterocycles. The van der Waals surface area contributed by atoms with E-state index in [-0.39, 0.29) is 93.4 Å². The summed E-state index contributed by atoms with van der Waals surface area (Å²) in [7, 11) is 1.70. The van der Waals surface area contributed by atoms with Crippen LogP contribution in [0.1, 0.15) is 138 Å². The first-order valence-electron chi connectivity index (χ1n) is 27.6. The minimum Gasteiger partial charge on any atom is -0.461 e. The zero-order chi connectivity index (χ0) is 59.2. The maximum atomic E-state index is 14.0. The summed E-state index contributed by atoms with van der Waals surface area (Å²) in [5.41, 5.74) is 9.73. The van der Waals surface area contributed by atoms with Crippen molar-refractivity contribution in [2.75, 3.05) is 50.1 Å². The fourth-order valence-electron chi connectivity index (χ4n) is 8.40. The van der Waals surface area contributed by atoms with E-state index in [1.807, 2.05) is 87.8 Å². The molecular weight excluding hydrogens is 1020 g/mol. The number of rotatable bonds is 27. The lowest BCUT2D eigenvalue weighted by Crippen LogP contribution is -2.51. The van der Waals surface area contributed by atoms with E-state index in [0.717, 1.165) is 40.1 Å². The second-order valence-electron chi connectivity index (χ2n) is 21.7. The molecule has 0 fully saturated rings. The summed E-state index contributed by atoms with van der Waals surface area (Å²) >= 11 is 0. The van der Waals surface area contributed by atoms with Crippen molar-refractivity contribution in [2.24, 2.45) is 17.1 Å². The van der Waals surface area contributed by atoms with Crippen LogP contribution >= 0.6 is 0 Å². The SMILES string of the molecule is CCC(=O)OCc1ccc(NC(=O)CNC(=O)C(NC(=O)CCCC(=O)N(C)CCC(C)(C)OCCC(C)(C)C(=O)NCCC(=O)N2Cc3ccccc3-c3c(nnn3C(C)C)-c3ccccc32)C(C)C)cc1.CCCNC(N)=O. The van der Waals surface area contributed by atoms with Gasteiger partial charge in [-0.1, -0.05) is 101 Å². The number of nitrogens with zero attached hydrogens (tertiary/aromatic N) is 5. The summed E-state index contributed by atoms with van der Waals surface area (Å²) in [6.45, 7) is 20.7. The third-order valence-corrected chi connectivity index (χ3v) is 13.4.